The molecule has 1 aromatic carbocycles. The second kappa shape index (κ2) is 5.36. The SMILES string of the molecule is CS(=O)(=O)NC1=NCN(Cc2ccccc2)CN1. The lowest BCUT2D eigenvalue weighted by atomic mass is 10.2. The van der Waals surface area contributed by atoms with Crippen LogP contribution >= 0.6 is 0 Å². The first kappa shape index (κ1) is 12.8. The number of hydrogen-bond acceptors (Lipinski definition) is 5. The zero-order chi connectivity index (χ0) is 13.0. The Morgan fingerprint density at radius 3 is 2.67 bits per heavy atom. The van der Waals surface area contributed by atoms with Gasteiger partial charge in [0.25, 0.3) is 0 Å². The van der Waals surface area contributed by atoms with Gasteiger partial charge >= 0.3 is 0 Å². The molecular weight excluding hydrogens is 252 g/mol. The number of benzene rings is 1. The van der Waals surface area contributed by atoms with Gasteiger partial charge in [0, 0.05) is 6.54 Å². The van der Waals surface area contributed by atoms with Gasteiger partial charge in [0.1, 0.15) is 0 Å². The molecule has 2 N–H and O–H groups in total. The largest absolute Gasteiger partial charge is 0.343 e. The molecular formula is C11H16N4O2S. The Bertz CT molecular complexity index is 527. The molecule has 6 nitrogen and oxygen atoms in total. The van der Waals surface area contributed by atoms with Crippen molar-refractivity contribution in [3.05, 3.63) is 35.9 Å². The summed E-state index contributed by atoms with van der Waals surface area (Å²) < 4.78 is 24.4. The monoisotopic (exact) mass is 268 g/mol. The fourth-order valence-electron chi connectivity index (χ4n) is 1.65. The normalized spacial score (nSPS) is 16.8. The van der Waals surface area contributed by atoms with E-state index in [4.69, 9.17) is 0 Å². The average Bonchev–Trinajstić information content (AvgIpc) is 2.31. The molecule has 0 saturated carbocycles. The molecule has 1 aliphatic heterocycles. The van der Waals surface area contributed by atoms with Crippen molar-refractivity contribution in [2.45, 2.75) is 6.54 Å². The van der Waals surface area contributed by atoms with Crippen LogP contribution in [0.3, 0.4) is 0 Å². The summed E-state index contributed by atoms with van der Waals surface area (Å²) in [5, 5.41) is 2.93. The second-order valence-corrected chi connectivity index (χ2v) is 5.92. The zero-order valence-electron chi connectivity index (χ0n) is 10.1. The van der Waals surface area contributed by atoms with Crippen LogP contribution in [0.4, 0.5) is 0 Å². The van der Waals surface area contributed by atoms with Gasteiger partial charge in [0.05, 0.1) is 19.6 Å². The predicted molar refractivity (Wildman–Crippen MR) is 70.3 cm³/mol. The maximum absolute atomic E-state index is 11.0. The first-order chi connectivity index (χ1) is 8.53. The molecule has 1 aliphatic rings. The van der Waals surface area contributed by atoms with Crippen molar-refractivity contribution in [1.29, 1.82) is 0 Å². The predicted octanol–water partition coefficient (Wildman–Crippen LogP) is -0.0880. The van der Waals surface area contributed by atoms with Crippen molar-refractivity contribution in [1.82, 2.24) is 14.9 Å². The first-order valence-corrected chi connectivity index (χ1v) is 7.44. The van der Waals surface area contributed by atoms with Gasteiger partial charge in [-0.3, -0.25) is 9.62 Å². The van der Waals surface area contributed by atoms with E-state index in [2.05, 4.69) is 19.9 Å². The third kappa shape index (κ3) is 4.01. The van der Waals surface area contributed by atoms with Gasteiger partial charge in [0.2, 0.25) is 16.0 Å². The molecule has 0 radical (unpaired) electrons. The van der Waals surface area contributed by atoms with Crippen LogP contribution < -0.4 is 10.0 Å². The van der Waals surface area contributed by atoms with Gasteiger partial charge in [-0.1, -0.05) is 30.3 Å². The van der Waals surface area contributed by atoms with Crippen LogP contribution in [0, 0.1) is 0 Å². The fraction of sp³-hybridized carbons (Fsp3) is 0.364. The Morgan fingerprint density at radius 1 is 1.39 bits per heavy atom. The van der Waals surface area contributed by atoms with Crippen molar-refractivity contribution in [2.24, 2.45) is 4.99 Å². The Labute approximate surface area is 107 Å². The summed E-state index contributed by atoms with van der Waals surface area (Å²) in [7, 11) is -3.26. The van der Waals surface area contributed by atoms with E-state index in [9.17, 15) is 8.42 Å². The summed E-state index contributed by atoms with van der Waals surface area (Å²) in [6.07, 6.45) is 1.10. The van der Waals surface area contributed by atoms with E-state index >= 15 is 0 Å². The molecule has 0 unspecified atom stereocenters. The van der Waals surface area contributed by atoms with Crippen molar-refractivity contribution in [2.75, 3.05) is 19.6 Å². The van der Waals surface area contributed by atoms with Crippen LogP contribution in [0.2, 0.25) is 0 Å². The highest BCUT2D eigenvalue weighted by Crippen LogP contribution is 2.05. The molecule has 1 heterocycles. The summed E-state index contributed by atoms with van der Waals surface area (Å²) in [5.74, 6) is 0.307. The van der Waals surface area contributed by atoms with E-state index in [1.807, 2.05) is 30.3 Å². The molecule has 0 bridgehead atoms. The Hall–Kier alpha value is -1.60. The Morgan fingerprint density at radius 2 is 2.11 bits per heavy atom. The number of nitrogens with one attached hydrogen (secondary N) is 2. The van der Waals surface area contributed by atoms with Crippen molar-refractivity contribution in [3.63, 3.8) is 0 Å². The van der Waals surface area contributed by atoms with Crippen LogP contribution in [0.1, 0.15) is 5.56 Å². The maximum Gasteiger partial charge on any atom is 0.232 e. The molecule has 0 saturated heterocycles. The zero-order valence-corrected chi connectivity index (χ0v) is 10.9. The molecule has 0 atom stereocenters. The molecule has 0 aromatic heterocycles. The summed E-state index contributed by atoms with van der Waals surface area (Å²) in [4.78, 5) is 6.21. The minimum atomic E-state index is -3.26. The van der Waals surface area contributed by atoms with Crippen LogP contribution in [0.15, 0.2) is 35.3 Å². The van der Waals surface area contributed by atoms with E-state index in [0.717, 1.165) is 12.8 Å². The lowest BCUT2D eigenvalue weighted by Gasteiger charge is -2.26. The number of rotatable bonds is 3. The van der Waals surface area contributed by atoms with Crippen molar-refractivity contribution >= 4 is 16.0 Å². The lowest BCUT2D eigenvalue weighted by molar-refractivity contribution is 0.255. The molecule has 98 valence electrons. The third-order valence-electron chi connectivity index (χ3n) is 2.43. The number of sulfonamides is 1. The van der Waals surface area contributed by atoms with Crippen LogP contribution in [0.5, 0.6) is 0 Å². The van der Waals surface area contributed by atoms with Gasteiger partial charge in [-0.05, 0) is 5.56 Å². The fourth-order valence-corrected chi connectivity index (χ4v) is 2.14. The number of hydrogen-bond donors (Lipinski definition) is 2. The van der Waals surface area contributed by atoms with Crippen LogP contribution in [-0.4, -0.2) is 38.9 Å². The molecule has 0 amide bonds. The molecule has 0 fully saturated rings. The highest BCUT2D eigenvalue weighted by Gasteiger charge is 2.14. The van der Waals surface area contributed by atoms with Gasteiger partial charge in [-0.15, -0.1) is 0 Å². The van der Waals surface area contributed by atoms with Gasteiger partial charge in [0.15, 0.2) is 0 Å². The first-order valence-electron chi connectivity index (χ1n) is 5.55. The average molecular weight is 268 g/mol. The van der Waals surface area contributed by atoms with Gasteiger partial charge in [-0.25, -0.2) is 13.4 Å². The van der Waals surface area contributed by atoms with Crippen molar-refractivity contribution in [3.8, 4) is 0 Å². The van der Waals surface area contributed by atoms with Crippen molar-refractivity contribution < 1.29 is 8.42 Å². The number of guanidine groups is 1. The van der Waals surface area contributed by atoms with E-state index in [0.29, 0.717) is 19.3 Å². The molecule has 18 heavy (non-hydrogen) atoms. The van der Waals surface area contributed by atoms with Gasteiger partial charge < -0.3 is 5.32 Å². The minimum Gasteiger partial charge on any atom is -0.343 e. The van der Waals surface area contributed by atoms with E-state index in [-0.39, 0.29) is 0 Å². The van der Waals surface area contributed by atoms with Crippen LogP contribution in [-0.2, 0) is 16.6 Å². The molecule has 0 aliphatic carbocycles. The Balaban J connectivity index is 1.90. The Kier molecular flexibility index (Phi) is 3.83. The molecule has 1 aromatic rings. The summed E-state index contributed by atoms with van der Waals surface area (Å²) in [6, 6.07) is 10.1. The summed E-state index contributed by atoms with van der Waals surface area (Å²) >= 11 is 0. The quantitative estimate of drug-likeness (QED) is 0.803. The number of aliphatic imine (C=N–C) groups is 1. The summed E-state index contributed by atoms with van der Waals surface area (Å²) in [6.45, 7) is 1.82. The number of nitrogens with zero attached hydrogens (tertiary/aromatic N) is 2. The third-order valence-corrected chi connectivity index (χ3v) is 2.99. The minimum absolute atomic E-state index is 0.307. The highest BCUT2D eigenvalue weighted by molar-refractivity contribution is 7.89. The molecule has 7 heteroatoms. The van der Waals surface area contributed by atoms with E-state index in [1.54, 1.807) is 0 Å². The molecule has 0 spiro atoms. The smallest absolute Gasteiger partial charge is 0.232 e. The topological polar surface area (TPSA) is 73.8 Å². The maximum atomic E-state index is 11.0. The molecule has 2 rings (SSSR count). The van der Waals surface area contributed by atoms with Crippen LogP contribution in [0.25, 0.3) is 0 Å². The standard InChI is InChI=1S/C11H16N4O2S/c1-18(16,17)14-11-12-8-15(9-13-11)7-10-5-3-2-4-6-10/h2-6H,7-9H2,1H3,(H2,12,13,14). The van der Waals surface area contributed by atoms with Gasteiger partial charge in [-0.2, -0.15) is 0 Å². The lowest BCUT2D eigenvalue weighted by Crippen LogP contribution is -2.49. The van der Waals surface area contributed by atoms with E-state index in [1.165, 1.54) is 5.56 Å². The summed E-state index contributed by atoms with van der Waals surface area (Å²) in [5.41, 5.74) is 1.20. The van der Waals surface area contributed by atoms with E-state index < -0.39 is 10.0 Å². The highest BCUT2D eigenvalue weighted by atomic mass is 32.2. The second-order valence-electron chi connectivity index (χ2n) is 4.17.